The number of carbonyl (C=O) groups is 1. The number of hydrogen-bond acceptors (Lipinski definition) is 3. The SMILES string of the molecule is CC[C@@H](NC(=O)c1cc(-c2ccccc2)nc2c1cnn2CC)c1ccccc1. The van der Waals surface area contributed by atoms with Gasteiger partial charge in [-0.1, -0.05) is 67.6 Å². The van der Waals surface area contributed by atoms with Crippen LogP contribution in [0.3, 0.4) is 0 Å². The first-order chi connectivity index (χ1) is 14.2. The minimum absolute atomic E-state index is 0.0479. The van der Waals surface area contributed by atoms with Crippen molar-refractivity contribution < 1.29 is 4.79 Å². The lowest BCUT2D eigenvalue weighted by Gasteiger charge is -2.18. The first-order valence-electron chi connectivity index (χ1n) is 9.99. The van der Waals surface area contributed by atoms with E-state index >= 15 is 0 Å². The number of amides is 1. The molecule has 0 aliphatic heterocycles. The van der Waals surface area contributed by atoms with E-state index in [1.165, 1.54) is 0 Å². The van der Waals surface area contributed by atoms with Gasteiger partial charge in [0.2, 0.25) is 0 Å². The van der Waals surface area contributed by atoms with Crippen molar-refractivity contribution in [2.75, 3.05) is 0 Å². The van der Waals surface area contributed by atoms with Crippen LogP contribution in [0.4, 0.5) is 0 Å². The molecular formula is C24H24N4O. The van der Waals surface area contributed by atoms with Crippen LogP contribution in [0, 0.1) is 0 Å². The maximum Gasteiger partial charge on any atom is 0.252 e. The molecule has 0 unspecified atom stereocenters. The standard InChI is InChI=1S/C24H24N4O/c1-3-21(17-11-7-5-8-12-17)27-24(29)19-15-22(18-13-9-6-10-14-18)26-23-20(19)16-25-28(23)4-2/h5-16,21H,3-4H2,1-2H3,(H,27,29)/t21-/m1/s1. The third-order valence-electron chi connectivity index (χ3n) is 5.14. The second kappa shape index (κ2) is 8.27. The molecule has 2 heterocycles. The minimum Gasteiger partial charge on any atom is -0.345 e. The predicted molar refractivity (Wildman–Crippen MR) is 116 cm³/mol. The lowest BCUT2D eigenvalue weighted by atomic mass is 10.0. The van der Waals surface area contributed by atoms with Crippen LogP contribution >= 0.6 is 0 Å². The first-order valence-corrected chi connectivity index (χ1v) is 9.99. The van der Waals surface area contributed by atoms with Gasteiger partial charge in [0.15, 0.2) is 5.65 Å². The fraction of sp³-hybridized carbons (Fsp3) is 0.208. The van der Waals surface area contributed by atoms with Crippen LogP contribution in [0.5, 0.6) is 0 Å². The molecule has 0 radical (unpaired) electrons. The number of fused-ring (bicyclic) bond motifs is 1. The molecular weight excluding hydrogens is 360 g/mol. The van der Waals surface area contributed by atoms with Gasteiger partial charge in [-0.15, -0.1) is 0 Å². The second-order valence-electron chi connectivity index (χ2n) is 6.96. The molecule has 4 aromatic rings. The Morgan fingerprint density at radius 3 is 2.38 bits per heavy atom. The largest absolute Gasteiger partial charge is 0.345 e. The highest BCUT2D eigenvalue weighted by Gasteiger charge is 2.20. The average molecular weight is 384 g/mol. The molecule has 0 saturated carbocycles. The average Bonchev–Trinajstić information content (AvgIpc) is 3.21. The summed E-state index contributed by atoms with van der Waals surface area (Å²) < 4.78 is 1.83. The second-order valence-corrected chi connectivity index (χ2v) is 6.96. The van der Waals surface area contributed by atoms with E-state index in [-0.39, 0.29) is 11.9 Å². The topological polar surface area (TPSA) is 59.8 Å². The van der Waals surface area contributed by atoms with Crippen LogP contribution in [-0.2, 0) is 6.54 Å². The van der Waals surface area contributed by atoms with Gasteiger partial charge >= 0.3 is 0 Å². The zero-order valence-corrected chi connectivity index (χ0v) is 16.7. The number of rotatable bonds is 6. The Morgan fingerprint density at radius 2 is 1.72 bits per heavy atom. The molecule has 1 atom stereocenters. The van der Waals surface area contributed by atoms with Crippen LogP contribution in [0.15, 0.2) is 72.9 Å². The molecule has 2 aromatic heterocycles. The van der Waals surface area contributed by atoms with E-state index in [1.807, 2.05) is 78.3 Å². The van der Waals surface area contributed by atoms with Crippen molar-refractivity contribution in [1.82, 2.24) is 20.1 Å². The molecule has 0 fully saturated rings. The Bertz CT molecular complexity index is 1120. The molecule has 29 heavy (non-hydrogen) atoms. The van der Waals surface area contributed by atoms with Gasteiger partial charge in [-0.2, -0.15) is 5.10 Å². The normalized spacial score (nSPS) is 12.1. The molecule has 0 saturated heterocycles. The third kappa shape index (κ3) is 3.76. The molecule has 5 nitrogen and oxygen atoms in total. The van der Waals surface area contributed by atoms with Gasteiger partial charge in [-0.3, -0.25) is 4.79 Å². The highest BCUT2D eigenvalue weighted by atomic mass is 16.1. The van der Waals surface area contributed by atoms with E-state index in [0.29, 0.717) is 12.1 Å². The first kappa shape index (κ1) is 18.9. The number of benzene rings is 2. The lowest BCUT2D eigenvalue weighted by molar-refractivity contribution is 0.0937. The van der Waals surface area contributed by atoms with Gasteiger partial charge in [0.05, 0.1) is 28.9 Å². The van der Waals surface area contributed by atoms with Crippen LogP contribution < -0.4 is 5.32 Å². The number of pyridine rings is 1. The maximum atomic E-state index is 13.3. The number of carbonyl (C=O) groups excluding carboxylic acids is 1. The molecule has 0 aliphatic carbocycles. The zero-order chi connectivity index (χ0) is 20.2. The Kier molecular flexibility index (Phi) is 5.38. The molecule has 0 spiro atoms. The summed E-state index contributed by atoms with van der Waals surface area (Å²) in [4.78, 5) is 18.1. The van der Waals surface area contributed by atoms with Crippen molar-refractivity contribution in [1.29, 1.82) is 0 Å². The lowest BCUT2D eigenvalue weighted by Crippen LogP contribution is -2.28. The fourth-order valence-electron chi connectivity index (χ4n) is 3.57. The molecule has 0 aliphatic rings. The molecule has 1 N–H and O–H groups in total. The third-order valence-corrected chi connectivity index (χ3v) is 5.14. The smallest absolute Gasteiger partial charge is 0.252 e. The van der Waals surface area contributed by atoms with Gasteiger partial charge in [0.25, 0.3) is 5.91 Å². The van der Waals surface area contributed by atoms with Gasteiger partial charge < -0.3 is 5.32 Å². The Morgan fingerprint density at radius 1 is 1.03 bits per heavy atom. The summed E-state index contributed by atoms with van der Waals surface area (Å²) >= 11 is 0. The highest BCUT2D eigenvalue weighted by molar-refractivity contribution is 6.06. The van der Waals surface area contributed by atoms with E-state index in [2.05, 4.69) is 17.3 Å². The molecule has 0 bridgehead atoms. The van der Waals surface area contributed by atoms with Gasteiger partial charge in [-0.05, 0) is 25.0 Å². The summed E-state index contributed by atoms with van der Waals surface area (Å²) in [5.41, 5.74) is 4.17. The van der Waals surface area contributed by atoms with Crippen molar-refractivity contribution in [3.05, 3.63) is 84.1 Å². The summed E-state index contributed by atoms with van der Waals surface area (Å²) in [5, 5.41) is 8.39. The van der Waals surface area contributed by atoms with Crippen LogP contribution in [0.25, 0.3) is 22.3 Å². The molecule has 2 aromatic carbocycles. The van der Waals surface area contributed by atoms with Crippen molar-refractivity contribution >= 4 is 16.9 Å². The summed E-state index contributed by atoms with van der Waals surface area (Å²) in [5.74, 6) is -0.110. The predicted octanol–water partition coefficient (Wildman–Crippen LogP) is 5.00. The van der Waals surface area contributed by atoms with Gasteiger partial charge in [-0.25, -0.2) is 9.67 Å². The van der Waals surface area contributed by atoms with Crippen molar-refractivity contribution in [3.8, 4) is 11.3 Å². The number of hydrogen-bond donors (Lipinski definition) is 1. The van der Waals surface area contributed by atoms with Crippen LogP contribution in [-0.4, -0.2) is 20.7 Å². The summed E-state index contributed by atoms with van der Waals surface area (Å²) in [7, 11) is 0. The highest BCUT2D eigenvalue weighted by Crippen LogP contribution is 2.26. The summed E-state index contributed by atoms with van der Waals surface area (Å²) in [6.45, 7) is 4.79. The van der Waals surface area contributed by atoms with Crippen molar-refractivity contribution in [3.63, 3.8) is 0 Å². The molecule has 1 amide bonds. The number of nitrogens with zero attached hydrogens (tertiary/aromatic N) is 3. The quantitative estimate of drug-likeness (QED) is 0.509. The Hall–Kier alpha value is -3.47. The number of nitrogens with one attached hydrogen (secondary N) is 1. The van der Waals surface area contributed by atoms with Crippen LogP contribution in [0.2, 0.25) is 0 Å². The number of aromatic nitrogens is 3. The molecule has 5 heteroatoms. The van der Waals surface area contributed by atoms with Gasteiger partial charge in [0, 0.05) is 12.1 Å². The van der Waals surface area contributed by atoms with E-state index in [9.17, 15) is 4.79 Å². The van der Waals surface area contributed by atoms with Crippen LogP contribution in [0.1, 0.15) is 42.2 Å². The zero-order valence-electron chi connectivity index (χ0n) is 16.7. The Balaban J connectivity index is 1.77. The Labute approximate surface area is 170 Å². The minimum atomic E-state index is -0.110. The van der Waals surface area contributed by atoms with E-state index < -0.39 is 0 Å². The monoisotopic (exact) mass is 384 g/mol. The fourth-order valence-corrected chi connectivity index (χ4v) is 3.57. The van der Waals surface area contributed by atoms with E-state index in [0.717, 1.165) is 34.3 Å². The maximum absolute atomic E-state index is 13.3. The van der Waals surface area contributed by atoms with E-state index in [4.69, 9.17) is 4.98 Å². The van der Waals surface area contributed by atoms with Gasteiger partial charge in [0.1, 0.15) is 0 Å². The van der Waals surface area contributed by atoms with Crippen molar-refractivity contribution in [2.24, 2.45) is 0 Å². The molecule has 4 rings (SSSR count). The van der Waals surface area contributed by atoms with Crippen molar-refractivity contribution in [2.45, 2.75) is 32.9 Å². The summed E-state index contributed by atoms with van der Waals surface area (Å²) in [6.07, 6.45) is 2.54. The summed E-state index contributed by atoms with van der Waals surface area (Å²) in [6, 6.07) is 21.8. The number of aryl methyl sites for hydroxylation is 1. The van der Waals surface area contributed by atoms with E-state index in [1.54, 1.807) is 6.20 Å². The molecule has 146 valence electrons.